The first-order valence-electron chi connectivity index (χ1n) is 5.60. The Kier molecular flexibility index (Phi) is 4.74. The van der Waals surface area contributed by atoms with E-state index in [0.717, 1.165) is 6.20 Å². The molecule has 0 radical (unpaired) electrons. The highest BCUT2D eigenvalue weighted by atomic mass is 19.1. The van der Waals surface area contributed by atoms with Gasteiger partial charge in [0.1, 0.15) is 12.2 Å². The highest BCUT2D eigenvalue weighted by Gasteiger charge is 2.21. The minimum absolute atomic E-state index is 0.0923. The summed E-state index contributed by atoms with van der Waals surface area (Å²) in [6.45, 7) is 3.66. The molecule has 0 aromatic carbocycles. The van der Waals surface area contributed by atoms with Crippen molar-refractivity contribution in [2.75, 3.05) is 5.32 Å². The van der Waals surface area contributed by atoms with Crippen LogP contribution in [0.1, 0.15) is 20.3 Å². The molecule has 0 spiro atoms. The van der Waals surface area contributed by atoms with Gasteiger partial charge in [0.05, 0.1) is 11.0 Å². The molecule has 7 nitrogen and oxygen atoms in total. The minimum Gasteiger partial charge on any atom is -0.480 e. The Bertz CT molecular complexity index is 493. The maximum absolute atomic E-state index is 13.5. The lowest BCUT2D eigenvalue weighted by atomic mass is 10.0. The lowest BCUT2D eigenvalue weighted by Gasteiger charge is -2.17. The highest BCUT2D eigenvalue weighted by molar-refractivity contribution is 5.76. The Morgan fingerprint density at radius 2 is 2.26 bits per heavy atom. The van der Waals surface area contributed by atoms with Gasteiger partial charge < -0.3 is 10.4 Å². The number of anilines is 1. The summed E-state index contributed by atoms with van der Waals surface area (Å²) in [6.07, 6.45) is 1.16. The van der Waals surface area contributed by atoms with Crippen molar-refractivity contribution in [3.63, 3.8) is 0 Å². The number of hydrogen-bond acceptors (Lipinski definition) is 5. The molecule has 0 saturated heterocycles. The van der Waals surface area contributed by atoms with Gasteiger partial charge in [-0.15, -0.1) is 0 Å². The quantitative estimate of drug-likeness (QED) is 0.605. The predicted molar refractivity (Wildman–Crippen MR) is 65.4 cm³/mol. The van der Waals surface area contributed by atoms with Crippen molar-refractivity contribution in [2.24, 2.45) is 5.92 Å². The van der Waals surface area contributed by atoms with E-state index < -0.39 is 28.4 Å². The van der Waals surface area contributed by atoms with Crippen LogP contribution in [0.15, 0.2) is 12.3 Å². The molecule has 1 rings (SSSR count). The smallest absolute Gasteiger partial charge is 0.326 e. The van der Waals surface area contributed by atoms with E-state index in [1.807, 2.05) is 13.8 Å². The predicted octanol–water partition coefficient (Wildman–Crippen LogP) is 2.04. The van der Waals surface area contributed by atoms with Gasteiger partial charge in [0, 0.05) is 0 Å². The average molecular weight is 271 g/mol. The number of hydrogen-bond donors (Lipinski definition) is 2. The number of carbonyl (C=O) groups is 1. The van der Waals surface area contributed by atoms with E-state index in [4.69, 9.17) is 5.11 Å². The van der Waals surface area contributed by atoms with Crippen LogP contribution in [0.5, 0.6) is 0 Å². The van der Waals surface area contributed by atoms with Crippen LogP contribution in [0.3, 0.4) is 0 Å². The van der Waals surface area contributed by atoms with Crippen LogP contribution in [0.25, 0.3) is 0 Å². The fourth-order valence-corrected chi connectivity index (χ4v) is 1.49. The zero-order valence-corrected chi connectivity index (χ0v) is 10.5. The molecule has 19 heavy (non-hydrogen) atoms. The molecule has 0 aliphatic carbocycles. The van der Waals surface area contributed by atoms with Gasteiger partial charge in [0.25, 0.3) is 5.69 Å². The standard InChI is InChI=1S/C11H14FN3O4/c1-6(2)3-9(11(16)17)14-10-8(12)4-7(5-13-10)15(18)19/h4-6,9H,3H2,1-2H3,(H,13,14)(H,16,17)/t9-/m0/s1. The molecule has 1 aromatic rings. The Hall–Kier alpha value is -2.25. The lowest BCUT2D eigenvalue weighted by molar-refractivity contribution is -0.385. The summed E-state index contributed by atoms with van der Waals surface area (Å²) in [6, 6.07) is -0.299. The second-order valence-electron chi connectivity index (χ2n) is 4.45. The Balaban J connectivity index is 2.91. The van der Waals surface area contributed by atoms with Crippen LogP contribution in [0, 0.1) is 21.8 Å². The van der Waals surface area contributed by atoms with Crippen molar-refractivity contribution >= 4 is 17.5 Å². The number of nitro groups is 1. The molecule has 0 aliphatic rings. The van der Waals surface area contributed by atoms with Crippen molar-refractivity contribution in [2.45, 2.75) is 26.3 Å². The fourth-order valence-electron chi connectivity index (χ4n) is 1.49. The average Bonchev–Trinajstić information content (AvgIpc) is 2.29. The lowest BCUT2D eigenvalue weighted by Crippen LogP contribution is -2.31. The van der Waals surface area contributed by atoms with Gasteiger partial charge in [-0.1, -0.05) is 13.8 Å². The van der Waals surface area contributed by atoms with Crippen LogP contribution < -0.4 is 5.32 Å². The summed E-state index contributed by atoms with van der Waals surface area (Å²) < 4.78 is 13.5. The summed E-state index contributed by atoms with van der Waals surface area (Å²) in [5.74, 6) is -2.30. The maximum Gasteiger partial charge on any atom is 0.326 e. The van der Waals surface area contributed by atoms with Crippen LogP contribution >= 0.6 is 0 Å². The summed E-state index contributed by atoms with van der Waals surface area (Å²) >= 11 is 0. The van der Waals surface area contributed by atoms with Gasteiger partial charge in [-0.2, -0.15) is 0 Å². The largest absolute Gasteiger partial charge is 0.480 e. The van der Waals surface area contributed by atoms with Crippen molar-refractivity contribution in [3.8, 4) is 0 Å². The molecule has 0 aliphatic heterocycles. The summed E-state index contributed by atoms with van der Waals surface area (Å²) in [5.41, 5.74) is -0.487. The first-order valence-corrected chi connectivity index (χ1v) is 5.60. The van der Waals surface area contributed by atoms with Crippen LogP contribution in [-0.4, -0.2) is 27.0 Å². The normalized spacial score (nSPS) is 12.2. The number of aliphatic carboxylic acids is 1. The molecule has 0 unspecified atom stereocenters. The van der Waals surface area contributed by atoms with E-state index in [9.17, 15) is 19.3 Å². The molecule has 2 N–H and O–H groups in total. The van der Waals surface area contributed by atoms with Crippen molar-refractivity contribution < 1.29 is 19.2 Å². The Morgan fingerprint density at radius 1 is 1.63 bits per heavy atom. The van der Waals surface area contributed by atoms with E-state index in [1.54, 1.807) is 0 Å². The number of carboxylic acid groups (broad SMARTS) is 1. The second kappa shape index (κ2) is 6.07. The van der Waals surface area contributed by atoms with Crippen molar-refractivity contribution in [3.05, 3.63) is 28.2 Å². The van der Waals surface area contributed by atoms with E-state index in [2.05, 4.69) is 10.3 Å². The molecule has 0 bridgehead atoms. The molecule has 0 saturated carbocycles. The van der Waals surface area contributed by atoms with Crippen LogP contribution in [0.4, 0.5) is 15.9 Å². The summed E-state index contributed by atoms with van der Waals surface area (Å²) in [5, 5.41) is 21.9. The van der Waals surface area contributed by atoms with Crippen LogP contribution in [-0.2, 0) is 4.79 Å². The minimum atomic E-state index is -1.13. The number of nitrogens with zero attached hydrogens (tertiary/aromatic N) is 2. The first kappa shape index (κ1) is 14.8. The molecule has 104 valence electrons. The first-order chi connectivity index (χ1) is 8.81. The van der Waals surface area contributed by atoms with E-state index >= 15 is 0 Å². The zero-order valence-electron chi connectivity index (χ0n) is 10.5. The molecule has 0 amide bonds. The van der Waals surface area contributed by atoms with Gasteiger partial charge in [-0.3, -0.25) is 10.1 Å². The second-order valence-corrected chi connectivity index (χ2v) is 4.45. The number of aromatic nitrogens is 1. The SMILES string of the molecule is CC(C)C[C@H](Nc1ncc([N+](=O)[O-])cc1F)C(=O)O. The van der Waals surface area contributed by atoms with Crippen LogP contribution in [0.2, 0.25) is 0 Å². The third kappa shape index (κ3) is 4.16. The molecule has 1 aromatic heterocycles. The van der Waals surface area contributed by atoms with Crippen molar-refractivity contribution in [1.82, 2.24) is 4.98 Å². The molecule has 1 heterocycles. The Morgan fingerprint density at radius 3 is 2.68 bits per heavy atom. The maximum atomic E-state index is 13.5. The molecular formula is C11H14FN3O4. The molecular weight excluding hydrogens is 257 g/mol. The monoisotopic (exact) mass is 271 g/mol. The van der Waals surface area contributed by atoms with E-state index in [-0.39, 0.29) is 18.2 Å². The molecule has 1 atom stereocenters. The third-order valence-electron chi connectivity index (χ3n) is 2.35. The van der Waals surface area contributed by atoms with Gasteiger partial charge in [-0.25, -0.2) is 14.2 Å². The third-order valence-corrected chi connectivity index (χ3v) is 2.35. The zero-order chi connectivity index (χ0) is 14.6. The number of rotatable bonds is 6. The van der Waals surface area contributed by atoms with Gasteiger partial charge in [0.15, 0.2) is 11.6 Å². The number of nitrogens with one attached hydrogen (secondary N) is 1. The van der Waals surface area contributed by atoms with E-state index in [0.29, 0.717) is 6.07 Å². The topological polar surface area (TPSA) is 105 Å². The van der Waals surface area contributed by atoms with Gasteiger partial charge in [-0.05, 0) is 12.3 Å². The summed E-state index contributed by atoms with van der Waals surface area (Å²) in [7, 11) is 0. The van der Waals surface area contributed by atoms with Crippen molar-refractivity contribution in [1.29, 1.82) is 0 Å². The number of pyridine rings is 1. The Labute approximate surface area is 108 Å². The number of halogens is 1. The van der Waals surface area contributed by atoms with Gasteiger partial charge in [0.2, 0.25) is 0 Å². The summed E-state index contributed by atoms with van der Waals surface area (Å²) in [4.78, 5) is 24.2. The van der Waals surface area contributed by atoms with E-state index in [1.165, 1.54) is 0 Å². The number of carboxylic acids is 1. The fraction of sp³-hybridized carbons (Fsp3) is 0.455. The van der Waals surface area contributed by atoms with Gasteiger partial charge >= 0.3 is 5.97 Å². The molecule has 8 heteroatoms. The highest BCUT2D eigenvalue weighted by Crippen LogP contribution is 2.19. The molecule has 0 fully saturated rings.